The van der Waals surface area contributed by atoms with E-state index in [2.05, 4.69) is 10.3 Å². The average Bonchev–Trinajstić information content (AvgIpc) is 2.81. The number of benzene rings is 1. The SMILES string of the molecule is CC(C)(C)OC(=O)CN1CCN(C(=O)CNC(=O)OCc2ccccc2)[C@@](CN=C=O)(OC(C)(C)C)C1=O. The van der Waals surface area contributed by atoms with Crippen molar-refractivity contribution >= 4 is 30.0 Å². The fourth-order valence-corrected chi connectivity index (χ4v) is 3.82. The Bertz CT molecular complexity index is 1060. The molecule has 3 amide bonds. The van der Waals surface area contributed by atoms with Gasteiger partial charge in [-0.15, -0.1) is 0 Å². The monoisotopic (exact) mass is 532 g/mol. The van der Waals surface area contributed by atoms with Crippen LogP contribution < -0.4 is 5.32 Å². The third-order valence-electron chi connectivity index (χ3n) is 5.12. The molecule has 12 nitrogen and oxygen atoms in total. The summed E-state index contributed by atoms with van der Waals surface area (Å²) >= 11 is 0. The summed E-state index contributed by atoms with van der Waals surface area (Å²) in [6.07, 6.45) is 0.551. The quantitative estimate of drug-likeness (QED) is 0.288. The van der Waals surface area contributed by atoms with E-state index in [1.807, 2.05) is 6.07 Å². The van der Waals surface area contributed by atoms with E-state index in [9.17, 15) is 24.0 Å². The third-order valence-corrected chi connectivity index (χ3v) is 5.12. The number of esters is 1. The van der Waals surface area contributed by atoms with Crippen LogP contribution in [0.15, 0.2) is 35.3 Å². The molecule has 1 aliphatic rings. The molecule has 1 aromatic carbocycles. The number of piperazine rings is 1. The van der Waals surface area contributed by atoms with Gasteiger partial charge in [0.15, 0.2) is 0 Å². The van der Waals surface area contributed by atoms with E-state index < -0.39 is 53.9 Å². The van der Waals surface area contributed by atoms with Gasteiger partial charge in [-0.25, -0.2) is 14.6 Å². The van der Waals surface area contributed by atoms with E-state index in [1.165, 1.54) is 11.0 Å². The number of nitrogens with zero attached hydrogens (tertiary/aromatic N) is 3. The summed E-state index contributed by atoms with van der Waals surface area (Å²) in [7, 11) is 0. The second-order valence-corrected chi connectivity index (χ2v) is 10.7. The lowest BCUT2D eigenvalue weighted by atomic mass is 10.0. The highest BCUT2D eigenvalue weighted by Crippen LogP contribution is 2.31. The largest absolute Gasteiger partial charge is 0.459 e. The van der Waals surface area contributed by atoms with Gasteiger partial charge in [0.25, 0.3) is 5.91 Å². The molecule has 1 aromatic rings. The number of carbonyl (C=O) groups excluding carboxylic acids is 5. The first-order valence-corrected chi connectivity index (χ1v) is 12.2. The molecule has 0 aliphatic carbocycles. The van der Waals surface area contributed by atoms with Gasteiger partial charge >= 0.3 is 12.1 Å². The van der Waals surface area contributed by atoms with Crippen LogP contribution in [-0.2, 0) is 40.0 Å². The Hall–Kier alpha value is -3.76. The van der Waals surface area contributed by atoms with E-state index in [1.54, 1.807) is 65.8 Å². The summed E-state index contributed by atoms with van der Waals surface area (Å²) in [6.45, 7) is 8.60. The summed E-state index contributed by atoms with van der Waals surface area (Å²) in [5, 5.41) is 2.38. The van der Waals surface area contributed by atoms with Crippen LogP contribution in [0.4, 0.5) is 4.79 Å². The van der Waals surface area contributed by atoms with Crippen molar-refractivity contribution in [3.8, 4) is 0 Å². The Kier molecular flexibility index (Phi) is 10.1. The highest BCUT2D eigenvalue weighted by molar-refractivity contribution is 5.94. The molecule has 0 bridgehead atoms. The number of alkyl carbamates (subject to hydrolysis) is 1. The minimum atomic E-state index is -2.05. The molecule has 1 N–H and O–H groups in total. The first kappa shape index (κ1) is 30.5. The molecular weight excluding hydrogens is 496 g/mol. The predicted octanol–water partition coefficient (Wildman–Crippen LogP) is 1.77. The summed E-state index contributed by atoms with van der Waals surface area (Å²) in [6, 6.07) is 9.00. The van der Waals surface area contributed by atoms with Crippen molar-refractivity contribution in [1.29, 1.82) is 0 Å². The Morgan fingerprint density at radius 1 is 1.05 bits per heavy atom. The smallest absolute Gasteiger partial charge is 0.407 e. The van der Waals surface area contributed by atoms with Crippen LogP contribution in [0.25, 0.3) is 0 Å². The standard InChI is InChI=1S/C26H36N4O8/c1-24(2,3)37-21(33)15-29-12-13-30(26(22(29)34,17-27-18-31)38-25(4,5)6)20(32)14-28-23(35)36-16-19-10-8-7-9-11-19/h7-11H,12-17H2,1-6H3,(H,28,35)/t26-/m0/s1. The van der Waals surface area contributed by atoms with Crippen molar-refractivity contribution in [2.45, 2.75) is 65.1 Å². The van der Waals surface area contributed by atoms with Crippen molar-refractivity contribution < 1.29 is 38.2 Å². The molecule has 0 unspecified atom stereocenters. The first-order chi connectivity index (χ1) is 17.7. The van der Waals surface area contributed by atoms with Crippen LogP contribution in [0.1, 0.15) is 47.1 Å². The van der Waals surface area contributed by atoms with Gasteiger partial charge in [-0.3, -0.25) is 14.4 Å². The van der Waals surface area contributed by atoms with Gasteiger partial charge in [0.2, 0.25) is 17.7 Å². The van der Waals surface area contributed by atoms with E-state index in [-0.39, 0.29) is 26.2 Å². The number of isocyanates is 1. The Morgan fingerprint density at radius 3 is 2.29 bits per heavy atom. The van der Waals surface area contributed by atoms with Gasteiger partial charge in [-0.1, -0.05) is 30.3 Å². The second-order valence-electron chi connectivity index (χ2n) is 10.7. The predicted molar refractivity (Wildman–Crippen MR) is 135 cm³/mol. The molecule has 0 saturated carbocycles. The molecule has 2 rings (SSSR count). The molecule has 0 aromatic heterocycles. The zero-order valence-corrected chi connectivity index (χ0v) is 22.7. The Balaban J connectivity index is 2.23. The van der Waals surface area contributed by atoms with Gasteiger partial charge in [-0.2, -0.15) is 0 Å². The molecule has 0 spiro atoms. The number of aliphatic imine (C=N–C) groups is 1. The maximum Gasteiger partial charge on any atom is 0.407 e. The topological polar surface area (TPSA) is 144 Å². The van der Waals surface area contributed by atoms with Crippen molar-refractivity contribution in [3.63, 3.8) is 0 Å². The zero-order valence-electron chi connectivity index (χ0n) is 22.7. The molecule has 38 heavy (non-hydrogen) atoms. The molecule has 0 radical (unpaired) electrons. The zero-order chi connectivity index (χ0) is 28.6. The van der Waals surface area contributed by atoms with Crippen LogP contribution >= 0.6 is 0 Å². The molecule has 1 aliphatic heterocycles. The molecule has 1 atom stereocenters. The van der Waals surface area contributed by atoms with E-state index in [4.69, 9.17) is 14.2 Å². The van der Waals surface area contributed by atoms with Crippen molar-refractivity contribution in [3.05, 3.63) is 35.9 Å². The fraction of sp³-hybridized carbons (Fsp3) is 0.577. The lowest BCUT2D eigenvalue weighted by Gasteiger charge is -2.50. The number of amides is 3. The third kappa shape index (κ3) is 8.97. The van der Waals surface area contributed by atoms with Crippen LogP contribution in [0.5, 0.6) is 0 Å². The van der Waals surface area contributed by atoms with Crippen molar-refractivity contribution in [1.82, 2.24) is 15.1 Å². The lowest BCUT2D eigenvalue weighted by Crippen LogP contribution is -2.72. The highest BCUT2D eigenvalue weighted by Gasteiger charge is 2.55. The minimum Gasteiger partial charge on any atom is -0.459 e. The Morgan fingerprint density at radius 2 is 1.71 bits per heavy atom. The maximum atomic E-state index is 13.7. The molecule has 208 valence electrons. The normalized spacial score (nSPS) is 17.9. The number of hydrogen-bond acceptors (Lipinski definition) is 9. The summed E-state index contributed by atoms with van der Waals surface area (Å²) in [5.74, 6) is -2.06. The molecule has 1 saturated heterocycles. The summed E-state index contributed by atoms with van der Waals surface area (Å²) in [5.41, 5.74) is -3.02. The number of nitrogens with one attached hydrogen (secondary N) is 1. The number of hydrogen-bond donors (Lipinski definition) is 1. The van der Waals surface area contributed by atoms with E-state index >= 15 is 0 Å². The van der Waals surface area contributed by atoms with E-state index in [0.29, 0.717) is 0 Å². The van der Waals surface area contributed by atoms with Gasteiger partial charge in [0, 0.05) is 13.1 Å². The van der Waals surface area contributed by atoms with Gasteiger partial charge in [0.1, 0.15) is 31.8 Å². The van der Waals surface area contributed by atoms with E-state index in [0.717, 1.165) is 10.5 Å². The van der Waals surface area contributed by atoms with Crippen LogP contribution in [0.3, 0.4) is 0 Å². The molecule has 1 heterocycles. The van der Waals surface area contributed by atoms with Crippen LogP contribution in [-0.4, -0.2) is 89.4 Å². The van der Waals surface area contributed by atoms with Crippen LogP contribution in [0, 0.1) is 0 Å². The van der Waals surface area contributed by atoms with Crippen molar-refractivity contribution in [2.24, 2.45) is 4.99 Å². The molecular formula is C26H36N4O8. The van der Waals surface area contributed by atoms with Crippen LogP contribution in [0.2, 0.25) is 0 Å². The maximum absolute atomic E-state index is 13.7. The molecule has 1 fully saturated rings. The summed E-state index contributed by atoms with van der Waals surface area (Å²) in [4.78, 5) is 68.6. The van der Waals surface area contributed by atoms with Gasteiger partial charge in [-0.05, 0) is 47.1 Å². The highest BCUT2D eigenvalue weighted by atomic mass is 16.6. The number of rotatable bonds is 9. The number of ether oxygens (including phenoxy) is 3. The second kappa shape index (κ2) is 12.7. The van der Waals surface area contributed by atoms with Crippen molar-refractivity contribution in [2.75, 3.05) is 32.7 Å². The number of carbonyl (C=O) groups is 4. The molecule has 12 heteroatoms. The van der Waals surface area contributed by atoms with Gasteiger partial charge < -0.3 is 29.3 Å². The lowest BCUT2D eigenvalue weighted by molar-refractivity contribution is -0.228. The first-order valence-electron chi connectivity index (χ1n) is 12.2. The average molecular weight is 533 g/mol. The summed E-state index contributed by atoms with van der Waals surface area (Å²) < 4.78 is 16.6. The Labute approximate surface area is 222 Å². The fourth-order valence-electron chi connectivity index (χ4n) is 3.82. The minimum absolute atomic E-state index is 0.00775. The van der Waals surface area contributed by atoms with Gasteiger partial charge in [0.05, 0.1) is 5.60 Å².